The van der Waals surface area contributed by atoms with Crippen LogP contribution in [0.4, 0.5) is 15.8 Å². The first kappa shape index (κ1) is 15.7. The summed E-state index contributed by atoms with van der Waals surface area (Å²) in [5.74, 6) is -0.524. The SMILES string of the molecule is CCCN(c1cc(C)c(F)cc1[N+](=O)[O-])C1CCCNC1. The molecule has 1 saturated heterocycles. The number of nitro groups is 1. The number of hydrogen-bond acceptors (Lipinski definition) is 4. The van der Waals surface area contributed by atoms with Gasteiger partial charge in [0.05, 0.1) is 11.0 Å². The van der Waals surface area contributed by atoms with Gasteiger partial charge < -0.3 is 10.2 Å². The Balaban J connectivity index is 2.42. The summed E-state index contributed by atoms with van der Waals surface area (Å²) in [6.45, 7) is 6.23. The molecule has 0 saturated carbocycles. The molecule has 0 aliphatic carbocycles. The first-order valence-electron chi connectivity index (χ1n) is 7.46. The van der Waals surface area contributed by atoms with Gasteiger partial charge in [0.25, 0.3) is 5.69 Å². The molecule has 6 heteroatoms. The third-order valence-corrected chi connectivity index (χ3v) is 3.94. The average molecular weight is 295 g/mol. The number of benzene rings is 1. The van der Waals surface area contributed by atoms with E-state index in [0.29, 0.717) is 11.3 Å². The van der Waals surface area contributed by atoms with Crippen molar-refractivity contribution in [2.45, 2.75) is 39.2 Å². The largest absolute Gasteiger partial charge is 0.362 e. The number of halogens is 1. The number of nitro benzene ring substituents is 1. The highest BCUT2D eigenvalue weighted by Gasteiger charge is 2.27. The van der Waals surface area contributed by atoms with Crippen LogP contribution in [0.3, 0.4) is 0 Å². The Bertz CT molecular complexity index is 516. The molecule has 1 N–H and O–H groups in total. The van der Waals surface area contributed by atoms with E-state index in [0.717, 1.165) is 45.0 Å². The lowest BCUT2D eigenvalue weighted by Gasteiger charge is -2.36. The van der Waals surface area contributed by atoms with Crippen molar-refractivity contribution in [2.75, 3.05) is 24.5 Å². The highest BCUT2D eigenvalue weighted by atomic mass is 19.1. The van der Waals surface area contributed by atoms with Crippen LogP contribution in [0, 0.1) is 22.9 Å². The van der Waals surface area contributed by atoms with Crippen molar-refractivity contribution in [3.63, 3.8) is 0 Å². The summed E-state index contributed by atoms with van der Waals surface area (Å²) in [4.78, 5) is 12.9. The monoisotopic (exact) mass is 295 g/mol. The fourth-order valence-electron chi connectivity index (χ4n) is 2.87. The van der Waals surface area contributed by atoms with Gasteiger partial charge in [-0.2, -0.15) is 0 Å². The molecule has 1 unspecified atom stereocenters. The second-order valence-electron chi connectivity index (χ2n) is 5.54. The van der Waals surface area contributed by atoms with Crippen molar-refractivity contribution in [1.29, 1.82) is 0 Å². The summed E-state index contributed by atoms with van der Waals surface area (Å²) in [6, 6.07) is 2.88. The van der Waals surface area contributed by atoms with E-state index in [-0.39, 0.29) is 11.7 Å². The zero-order valence-corrected chi connectivity index (χ0v) is 12.6. The van der Waals surface area contributed by atoms with Gasteiger partial charge in [-0.1, -0.05) is 6.92 Å². The Hall–Kier alpha value is -1.69. The van der Waals surface area contributed by atoms with Crippen molar-refractivity contribution in [3.8, 4) is 0 Å². The second-order valence-corrected chi connectivity index (χ2v) is 5.54. The van der Waals surface area contributed by atoms with E-state index in [9.17, 15) is 14.5 Å². The number of rotatable bonds is 5. The summed E-state index contributed by atoms with van der Waals surface area (Å²) in [6.07, 6.45) is 2.95. The minimum absolute atomic E-state index is 0.142. The van der Waals surface area contributed by atoms with E-state index in [2.05, 4.69) is 10.2 Å². The van der Waals surface area contributed by atoms with Crippen LogP contribution in [0.2, 0.25) is 0 Å². The maximum absolute atomic E-state index is 13.7. The van der Waals surface area contributed by atoms with E-state index in [1.807, 2.05) is 6.92 Å². The Labute approximate surface area is 124 Å². The van der Waals surface area contributed by atoms with Gasteiger partial charge in [0.2, 0.25) is 0 Å². The predicted molar refractivity (Wildman–Crippen MR) is 81.3 cm³/mol. The number of piperidine rings is 1. The molecular weight excluding hydrogens is 273 g/mol. The molecule has 21 heavy (non-hydrogen) atoms. The molecule has 1 aliphatic heterocycles. The fourth-order valence-corrected chi connectivity index (χ4v) is 2.87. The third-order valence-electron chi connectivity index (χ3n) is 3.94. The van der Waals surface area contributed by atoms with Crippen molar-refractivity contribution in [3.05, 3.63) is 33.6 Å². The first-order valence-corrected chi connectivity index (χ1v) is 7.46. The Morgan fingerprint density at radius 1 is 1.52 bits per heavy atom. The van der Waals surface area contributed by atoms with Crippen molar-refractivity contribution < 1.29 is 9.31 Å². The molecule has 0 amide bonds. The van der Waals surface area contributed by atoms with Gasteiger partial charge in [-0.05, 0) is 44.4 Å². The number of anilines is 1. The molecule has 1 fully saturated rings. The highest BCUT2D eigenvalue weighted by molar-refractivity contribution is 5.65. The summed E-state index contributed by atoms with van der Waals surface area (Å²) in [7, 11) is 0. The maximum Gasteiger partial charge on any atom is 0.295 e. The number of nitrogens with zero attached hydrogens (tertiary/aromatic N) is 2. The van der Waals surface area contributed by atoms with Gasteiger partial charge in [0.1, 0.15) is 11.5 Å². The lowest BCUT2D eigenvalue weighted by molar-refractivity contribution is -0.384. The van der Waals surface area contributed by atoms with Crippen LogP contribution >= 0.6 is 0 Å². The number of hydrogen-bond donors (Lipinski definition) is 1. The van der Waals surface area contributed by atoms with Crippen molar-refractivity contribution in [1.82, 2.24) is 5.32 Å². The van der Waals surface area contributed by atoms with E-state index in [1.165, 1.54) is 0 Å². The topological polar surface area (TPSA) is 58.4 Å². The lowest BCUT2D eigenvalue weighted by atomic mass is 10.0. The Kier molecular flexibility index (Phi) is 5.12. The normalized spacial score (nSPS) is 18.5. The quantitative estimate of drug-likeness (QED) is 0.670. The number of nitrogens with one attached hydrogen (secondary N) is 1. The molecule has 1 aromatic carbocycles. The van der Waals surface area contributed by atoms with Crippen LogP contribution in [0.15, 0.2) is 12.1 Å². The molecule has 5 nitrogen and oxygen atoms in total. The molecule has 0 aromatic heterocycles. The van der Waals surface area contributed by atoms with Gasteiger partial charge in [0.15, 0.2) is 0 Å². The van der Waals surface area contributed by atoms with E-state index in [4.69, 9.17) is 0 Å². The van der Waals surface area contributed by atoms with Gasteiger partial charge in [-0.3, -0.25) is 10.1 Å². The summed E-state index contributed by atoms with van der Waals surface area (Å²) >= 11 is 0. The second kappa shape index (κ2) is 6.85. The maximum atomic E-state index is 13.7. The number of aryl methyl sites for hydroxylation is 1. The van der Waals surface area contributed by atoms with Gasteiger partial charge in [0, 0.05) is 19.1 Å². The van der Waals surface area contributed by atoms with E-state index < -0.39 is 10.7 Å². The van der Waals surface area contributed by atoms with Gasteiger partial charge in [-0.25, -0.2) is 4.39 Å². The fraction of sp³-hybridized carbons (Fsp3) is 0.600. The zero-order chi connectivity index (χ0) is 15.4. The lowest BCUT2D eigenvalue weighted by Crippen LogP contribution is -2.46. The smallest absolute Gasteiger partial charge is 0.295 e. The van der Waals surface area contributed by atoms with E-state index in [1.54, 1.807) is 13.0 Å². The molecular formula is C15H22FN3O2. The van der Waals surface area contributed by atoms with Crippen LogP contribution in [0.25, 0.3) is 0 Å². The first-order chi connectivity index (χ1) is 10.0. The molecule has 116 valence electrons. The van der Waals surface area contributed by atoms with Crippen molar-refractivity contribution in [2.24, 2.45) is 0 Å². The minimum Gasteiger partial charge on any atom is -0.362 e. The molecule has 1 aliphatic rings. The van der Waals surface area contributed by atoms with Crippen LogP contribution in [0.5, 0.6) is 0 Å². The van der Waals surface area contributed by atoms with E-state index >= 15 is 0 Å². The van der Waals surface area contributed by atoms with Crippen LogP contribution < -0.4 is 10.2 Å². The molecule has 0 bridgehead atoms. The van der Waals surface area contributed by atoms with Gasteiger partial charge >= 0.3 is 0 Å². The minimum atomic E-state index is -0.524. The molecule has 1 heterocycles. The predicted octanol–water partition coefficient (Wildman–Crippen LogP) is 3.01. The standard InChI is InChI=1S/C15H22FN3O2/c1-3-7-18(12-5-4-6-17-10-12)14-8-11(2)13(16)9-15(14)19(20)21/h8-9,12,17H,3-7,10H2,1-2H3. The van der Waals surface area contributed by atoms with Crippen LogP contribution in [-0.4, -0.2) is 30.6 Å². The third kappa shape index (κ3) is 3.50. The average Bonchev–Trinajstić information content (AvgIpc) is 2.48. The molecule has 0 radical (unpaired) electrons. The highest BCUT2D eigenvalue weighted by Crippen LogP contribution is 2.33. The van der Waals surface area contributed by atoms with Crippen LogP contribution in [0.1, 0.15) is 31.7 Å². The summed E-state index contributed by atoms with van der Waals surface area (Å²) in [5, 5.41) is 14.6. The molecule has 2 rings (SSSR count). The molecule has 1 atom stereocenters. The Morgan fingerprint density at radius 3 is 2.86 bits per heavy atom. The Morgan fingerprint density at radius 2 is 2.29 bits per heavy atom. The van der Waals surface area contributed by atoms with Crippen LogP contribution in [-0.2, 0) is 0 Å². The summed E-state index contributed by atoms with van der Waals surface area (Å²) in [5.41, 5.74) is 0.840. The van der Waals surface area contributed by atoms with Crippen molar-refractivity contribution >= 4 is 11.4 Å². The molecule has 0 spiro atoms. The van der Waals surface area contributed by atoms with Gasteiger partial charge in [-0.15, -0.1) is 0 Å². The summed E-state index contributed by atoms with van der Waals surface area (Å²) < 4.78 is 13.7. The molecule has 1 aromatic rings. The zero-order valence-electron chi connectivity index (χ0n) is 12.6.